The smallest absolute Gasteiger partial charge is 0.130 e. The fourth-order valence-electron chi connectivity index (χ4n) is 1.60. The fourth-order valence-corrected chi connectivity index (χ4v) is 2.47. The maximum Gasteiger partial charge on any atom is 0.130 e. The molecule has 0 bridgehead atoms. The summed E-state index contributed by atoms with van der Waals surface area (Å²) in [7, 11) is 0. The highest BCUT2D eigenvalue weighted by Gasteiger charge is 2.11. The minimum Gasteiger partial charge on any atom is -0.236 e. The van der Waals surface area contributed by atoms with E-state index < -0.39 is 0 Å². The van der Waals surface area contributed by atoms with E-state index >= 15 is 0 Å². The van der Waals surface area contributed by atoms with Crippen LogP contribution in [0.25, 0.3) is 11.3 Å². The summed E-state index contributed by atoms with van der Waals surface area (Å²) in [6.07, 6.45) is 0.244. The molecule has 0 N–H and O–H groups in total. The molecule has 0 amide bonds. The Kier molecular flexibility index (Phi) is 4.54. The van der Waals surface area contributed by atoms with E-state index in [1.807, 2.05) is 0 Å². The largest absolute Gasteiger partial charge is 0.236 e. The quantitative estimate of drug-likeness (QED) is 0.543. The molecule has 0 fully saturated rings. The molecule has 1 aromatic heterocycles. The van der Waals surface area contributed by atoms with Gasteiger partial charge < -0.3 is 0 Å². The van der Waals surface area contributed by atoms with Crippen molar-refractivity contribution in [3.05, 3.63) is 50.0 Å². The maximum absolute atomic E-state index is 8.73. The standard InChI is InChI=1S/C13H6Cl4N2/c14-9-6-11(16)10(15)5-8(9)12-3-7(1-2-18)4-13(17)19-12/h3-6H,1H2. The minimum atomic E-state index is 0.244. The van der Waals surface area contributed by atoms with Crippen LogP contribution >= 0.6 is 46.4 Å². The first-order chi connectivity index (χ1) is 9.01. The molecule has 2 aromatic rings. The first-order valence-corrected chi connectivity index (χ1v) is 6.71. The van der Waals surface area contributed by atoms with E-state index in [4.69, 9.17) is 51.7 Å². The Morgan fingerprint density at radius 1 is 0.947 bits per heavy atom. The number of halogens is 4. The van der Waals surface area contributed by atoms with E-state index in [1.54, 1.807) is 24.3 Å². The highest BCUT2D eigenvalue weighted by Crippen LogP contribution is 2.35. The zero-order valence-electron chi connectivity index (χ0n) is 9.42. The van der Waals surface area contributed by atoms with Crippen LogP contribution in [0.3, 0.4) is 0 Å². The second-order valence-electron chi connectivity index (χ2n) is 3.76. The van der Waals surface area contributed by atoms with Gasteiger partial charge in [0.05, 0.1) is 33.3 Å². The van der Waals surface area contributed by atoms with Gasteiger partial charge in [-0.15, -0.1) is 0 Å². The van der Waals surface area contributed by atoms with Crippen LogP contribution in [0.1, 0.15) is 5.56 Å². The van der Waals surface area contributed by atoms with Gasteiger partial charge in [-0.3, -0.25) is 0 Å². The van der Waals surface area contributed by atoms with Crippen molar-refractivity contribution in [1.29, 1.82) is 5.26 Å². The van der Waals surface area contributed by atoms with Crippen molar-refractivity contribution < 1.29 is 0 Å². The Labute approximate surface area is 130 Å². The molecule has 0 unspecified atom stereocenters. The summed E-state index contributed by atoms with van der Waals surface area (Å²) in [5, 5.41) is 10.2. The molecule has 96 valence electrons. The Bertz CT molecular complexity index is 677. The monoisotopic (exact) mass is 330 g/mol. The summed E-state index contributed by atoms with van der Waals surface area (Å²) in [5.41, 5.74) is 1.94. The average molecular weight is 332 g/mol. The van der Waals surface area contributed by atoms with Crippen LogP contribution < -0.4 is 0 Å². The summed E-state index contributed by atoms with van der Waals surface area (Å²) in [5.74, 6) is 0. The molecule has 2 rings (SSSR count). The fraction of sp³-hybridized carbons (Fsp3) is 0.0769. The van der Waals surface area contributed by atoms with Crippen molar-refractivity contribution in [2.45, 2.75) is 6.42 Å². The first kappa shape index (κ1) is 14.4. The van der Waals surface area contributed by atoms with Gasteiger partial charge in [-0.05, 0) is 29.8 Å². The summed E-state index contributed by atoms with van der Waals surface area (Å²) in [6.45, 7) is 0. The molecule has 0 saturated carbocycles. The van der Waals surface area contributed by atoms with Crippen LogP contribution in [0.15, 0.2) is 24.3 Å². The molecule has 19 heavy (non-hydrogen) atoms. The van der Waals surface area contributed by atoms with E-state index in [2.05, 4.69) is 11.1 Å². The summed E-state index contributed by atoms with van der Waals surface area (Å²) >= 11 is 23.9. The topological polar surface area (TPSA) is 36.7 Å². The van der Waals surface area contributed by atoms with Crippen LogP contribution in [-0.2, 0) is 6.42 Å². The van der Waals surface area contributed by atoms with Gasteiger partial charge >= 0.3 is 0 Å². The van der Waals surface area contributed by atoms with Crippen molar-refractivity contribution in [2.75, 3.05) is 0 Å². The van der Waals surface area contributed by atoms with Gasteiger partial charge in [0.1, 0.15) is 5.15 Å². The molecule has 6 heteroatoms. The number of nitriles is 1. The summed E-state index contributed by atoms with van der Waals surface area (Å²) in [4.78, 5) is 4.19. The molecule has 0 radical (unpaired) electrons. The molecule has 0 aliphatic heterocycles. The van der Waals surface area contributed by atoms with Crippen LogP contribution in [0, 0.1) is 11.3 Å². The van der Waals surface area contributed by atoms with Gasteiger partial charge in [0, 0.05) is 5.56 Å². The molecular weight excluding hydrogens is 326 g/mol. The molecule has 0 spiro atoms. The third kappa shape index (κ3) is 3.32. The Hall–Kier alpha value is -0.980. The third-order valence-corrected chi connectivity index (χ3v) is 3.65. The van der Waals surface area contributed by atoms with Gasteiger partial charge in [0.2, 0.25) is 0 Å². The van der Waals surface area contributed by atoms with E-state index in [0.29, 0.717) is 31.5 Å². The van der Waals surface area contributed by atoms with Crippen molar-refractivity contribution >= 4 is 46.4 Å². The highest BCUT2D eigenvalue weighted by molar-refractivity contribution is 6.44. The number of pyridine rings is 1. The molecule has 2 nitrogen and oxygen atoms in total. The van der Waals surface area contributed by atoms with E-state index in [1.165, 1.54) is 0 Å². The number of benzene rings is 1. The van der Waals surface area contributed by atoms with Gasteiger partial charge in [0.15, 0.2) is 0 Å². The Balaban J connectivity index is 2.59. The normalized spacial score (nSPS) is 10.3. The van der Waals surface area contributed by atoms with Crippen LogP contribution in [0.2, 0.25) is 20.2 Å². The molecular formula is C13H6Cl4N2. The molecule has 1 aromatic carbocycles. The van der Waals surface area contributed by atoms with E-state index in [-0.39, 0.29) is 6.42 Å². The number of hydrogen-bond donors (Lipinski definition) is 0. The van der Waals surface area contributed by atoms with Gasteiger partial charge in [-0.25, -0.2) is 4.98 Å². The third-order valence-electron chi connectivity index (χ3n) is 2.42. The maximum atomic E-state index is 8.73. The van der Waals surface area contributed by atoms with Crippen molar-refractivity contribution in [2.24, 2.45) is 0 Å². The second-order valence-corrected chi connectivity index (χ2v) is 5.37. The lowest BCUT2D eigenvalue weighted by molar-refractivity contribution is 1.21. The molecule has 0 saturated heterocycles. The SMILES string of the molecule is N#CCc1cc(Cl)nc(-c2cc(Cl)c(Cl)cc2Cl)c1. The zero-order chi connectivity index (χ0) is 14.0. The molecule has 0 aliphatic carbocycles. The minimum absolute atomic E-state index is 0.244. The predicted octanol–water partition coefficient (Wildman–Crippen LogP) is 5.43. The van der Waals surface area contributed by atoms with Crippen molar-refractivity contribution in [3.8, 4) is 17.3 Å². The van der Waals surface area contributed by atoms with Gasteiger partial charge in [-0.1, -0.05) is 46.4 Å². The van der Waals surface area contributed by atoms with Crippen LogP contribution in [0.5, 0.6) is 0 Å². The van der Waals surface area contributed by atoms with Crippen LogP contribution in [0.4, 0.5) is 0 Å². The van der Waals surface area contributed by atoms with E-state index in [9.17, 15) is 0 Å². The summed E-state index contributed by atoms with van der Waals surface area (Å²) in [6, 6.07) is 8.62. The Morgan fingerprint density at radius 3 is 2.32 bits per heavy atom. The number of rotatable bonds is 2. The lowest BCUT2D eigenvalue weighted by Crippen LogP contribution is -1.90. The predicted molar refractivity (Wildman–Crippen MR) is 79.0 cm³/mol. The second kappa shape index (κ2) is 5.98. The number of hydrogen-bond acceptors (Lipinski definition) is 2. The summed E-state index contributed by atoms with van der Waals surface area (Å²) < 4.78 is 0. The average Bonchev–Trinajstić information content (AvgIpc) is 2.33. The molecule has 0 atom stereocenters. The lowest BCUT2D eigenvalue weighted by Gasteiger charge is -2.08. The van der Waals surface area contributed by atoms with Gasteiger partial charge in [0.25, 0.3) is 0 Å². The lowest BCUT2D eigenvalue weighted by atomic mass is 10.1. The number of aromatic nitrogens is 1. The van der Waals surface area contributed by atoms with Crippen LogP contribution in [-0.4, -0.2) is 4.98 Å². The first-order valence-electron chi connectivity index (χ1n) is 5.19. The van der Waals surface area contributed by atoms with Gasteiger partial charge in [-0.2, -0.15) is 5.26 Å². The Morgan fingerprint density at radius 2 is 1.63 bits per heavy atom. The number of nitrogens with zero attached hydrogens (tertiary/aromatic N) is 2. The molecule has 0 aliphatic rings. The van der Waals surface area contributed by atoms with Crippen molar-refractivity contribution in [1.82, 2.24) is 4.98 Å². The zero-order valence-corrected chi connectivity index (χ0v) is 12.4. The van der Waals surface area contributed by atoms with Crippen molar-refractivity contribution in [3.63, 3.8) is 0 Å². The highest BCUT2D eigenvalue weighted by atomic mass is 35.5. The molecule has 1 heterocycles. The van der Waals surface area contributed by atoms with E-state index in [0.717, 1.165) is 5.56 Å².